The highest BCUT2D eigenvalue weighted by Gasteiger charge is 2.07. The molecule has 1 heterocycles. The molecule has 1 aromatic heterocycles. The molecule has 0 unspecified atom stereocenters. The van der Waals surface area contributed by atoms with Crippen molar-refractivity contribution in [2.75, 3.05) is 13.2 Å². The van der Waals surface area contributed by atoms with Crippen LogP contribution in [0.3, 0.4) is 0 Å². The number of hydrogen-bond donors (Lipinski definition) is 1. The largest absolute Gasteiger partial charge is 0.484 e. The second kappa shape index (κ2) is 8.02. The quantitative estimate of drug-likeness (QED) is 0.853. The Morgan fingerprint density at radius 3 is 2.68 bits per heavy atom. The molecule has 0 fully saturated rings. The molecule has 2 aromatic rings. The summed E-state index contributed by atoms with van der Waals surface area (Å²) < 4.78 is 10.8. The molecule has 0 saturated heterocycles. The molecule has 2 rings (SSSR count). The van der Waals surface area contributed by atoms with E-state index in [4.69, 9.17) is 9.47 Å². The molecule has 0 aliphatic carbocycles. The average molecular weight is 300 g/mol. The monoisotopic (exact) mass is 300 g/mol. The molecule has 1 aromatic carbocycles. The molecular formula is C17H20N2O3. The molecule has 1 amide bonds. The van der Waals surface area contributed by atoms with Gasteiger partial charge in [0.05, 0.1) is 6.61 Å². The lowest BCUT2D eigenvalue weighted by atomic mass is 10.2. The molecule has 0 aliphatic heterocycles. The van der Waals surface area contributed by atoms with Gasteiger partial charge in [-0.2, -0.15) is 0 Å². The summed E-state index contributed by atoms with van der Waals surface area (Å²) in [7, 11) is 0. The fourth-order valence-corrected chi connectivity index (χ4v) is 1.85. The number of ether oxygens (including phenoxy) is 2. The summed E-state index contributed by atoms with van der Waals surface area (Å²) in [6, 6.07) is 11.3. The molecule has 5 heteroatoms. The number of amides is 1. The van der Waals surface area contributed by atoms with Gasteiger partial charge < -0.3 is 14.8 Å². The van der Waals surface area contributed by atoms with Crippen LogP contribution in [0, 0.1) is 6.92 Å². The molecule has 116 valence electrons. The van der Waals surface area contributed by atoms with Crippen LogP contribution in [-0.2, 0) is 11.3 Å². The van der Waals surface area contributed by atoms with E-state index >= 15 is 0 Å². The van der Waals surface area contributed by atoms with Gasteiger partial charge in [0.25, 0.3) is 5.91 Å². The third-order valence-electron chi connectivity index (χ3n) is 3.00. The Hall–Kier alpha value is -2.56. The van der Waals surface area contributed by atoms with Crippen LogP contribution in [0.2, 0.25) is 0 Å². The number of pyridine rings is 1. The minimum absolute atomic E-state index is 0.0205. The summed E-state index contributed by atoms with van der Waals surface area (Å²) >= 11 is 0. The van der Waals surface area contributed by atoms with E-state index in [1.165, 1.54) is 0 Å². The Morgan fingerprint density at radius 2 is 1.95 bits per heavy atom. The van der Waals surface area contributed by atoms with E-state index in [9.17, 15) is 4.79 Å². The normalized spacial score (nSPS) is 10.1. The Bertz CT molecular complexity index is 612. The third-order valence-corrected chi connectivity index (χ3v) is 3.00. The van der Waals surface area contributed by atoms with Crippen LogP contribution in [0.4, 0.5) is 0 Å². The summed E-state index contributed by atoms with van der Waals surface area (Å²) in [5.74, 6) is 1.04. The summed E-state index contributed by atoms with van der Waals surface area (Å²) in [6.45, 7) is 4.77. The van der Waals surface area contributed by atoms with Crippen molar-refractivity contribution >= 4 is 5.91 Å². The number of aryl methyl sites for hydroxylation is 1. The first-order valence-corrected chi connectivity index (χ1v) is 7.22. The van der Waals surface area contributed by atoms with Crippen molar-refractivity contribution in [1.29, 1.82) is 0 Å². The number of hydrogen-bond acceptors (Lipinski definition) is 4. The van der Waals surface area contributed by atoms with Gasteiger partial charge in [0.1, 0.15) is 5.75 Å². The van der Waals surface area contributed by atoms with Gasteiger partial charge in [-0.05, 0) is 32.0 Å². The summed E-state index contributed by atoms with van der Waals surface area (Å²) in [5.41, 5.74) is 1.99. The molecule has 5 nitrogen and oxygen atoms in total. The highest BCUT2D eigenvalue weighted by Crippen LogP contribution is 2.14. The zero-order chi connectivity index (χ0) is 15.8. The predicted octanol–water partition coefficient (Wildman–Crippen LogP) is 2.48. The average Bonchev–Trinajstić information content (AvgIpc) is 2.54. The lowest BCUT2D eigenvalue weighted by molar-refractivity contribution is -0.123. The van der Waals surface area contributed by atoms with E-state index in [1.54, 1.807) is 6.20 Å². The Labute approximate surface area is 130 Å². The van der Waals surface area contributed by atoms with E-state index in [0.29, 0.717) is 24.8 Å². The number of aromatic nitrogens is 1. The van der Waals surface area contributed by atoms with E-state index < -0.39 is 0 Å². The lowest BCUT2D eigenvalue weighted by Crippen LogP contribution is -2.28. The van der Waals surface area contributed by atoms with Crippen LogP contribution >= 0.6 is 0 Å². The molecule has 0 spiro atoms. The summed E-state index contributed by atoms with van der Waals surface area (Å²) in [4.78, 5) is 16.0. The molecule has 0 atom stereocenters. The topological polar surface area (TPSA) is 60.5 Å². The fourth-order valence-electron chi connectivity index (χ4n) is 1.85. The van der Waals surface area contributed by atoms with Crippen molar-refractivity contribution in [1.82, 2.24) is 10.3 Å². The number of rotatable bonds is 7. The fraction of sp³-hybridized carbons (Fsp3) is 0.294. The minimum atomic E-state index is -0.188. The van der Waals surface area contributed by atoms with Crippen molar-refractivity contribution in [2.45, 2.75) is 20.4 Å². The van der Waals surface area contributed by atoms with Crippen molar-refractivity contribution in [3.8, 4) is 11.6 Å². The SMILES string of the molecule is CCOc1ncccc1CNC(=O)COc1ccc(C)cc1. The second-order valence-electron chi connectivity index (χ2n) is 4.78. The van der Waals surface area contributed by atoms with Crippen molar-refractivity contribution in [2.24, 2.45) is 0 Å². The van der Waals surface area contributed by atoms with Gasteiger partial charge in [0.2, 0.25) is 5.88 Å². The zero-order valence-electron chi connectivity index (χ0n) is 12.8. The Balaban J connectivity index is 1.81. The standard InChI is InChI=1S/C17H20N2O3/c1-3-21-17-14(5-4-10-18-17)11-19-16(20)12-22-15-8-6-13(2)7-9-15/h4-10H,3,11-12H2,1-2H3,(H,19,20). The number of nitrogens with one attached hydrogen (secondary N) is 1. The molecule has 0 aliphatic rings. The summed E-state index contributed by atoms with van der Waals surface area (Å²) in [5, 5.41) is 2.80. The van der Waals surface area contributed by atoms with Crippen LogP contribution in [-0.4, -0.2) is 24.1 Å². The van der Waals surface area contributed by atoms with Gasteiger partial charge in [-0.25, -0.2) is 4.98 Å². The van der Waals surface area contributed by atoms with Crippen molar-refractivity contribution in [3.63, 3.8) is 0 Å². The highest BCUT2D eigenvalue weighted by molar-refractivity contribution is 5.77. The zero-order valence-corrected chi connectivity index (χ0v) is 12.8. The molecule has 0 saturated carbocycles. The Morgan fingerprint density at radius 1 is 1.18 bits per heavy atom. The number of carbonyl (C=O) groups excluding carboxylic acids is 1. The minimum Gasteiger partial charge on any atom is -0.484 e. The van der Waals surface area contributed by atoms with Gasteiger partial charge in [0.15, 0.2) is 6.61 Å². The number of nitrogens with zero attached hydrogens (tertiary/aromatic N) is 1. The lowest BCUT2D eigenvalue weighted by Gasteiger charge is -2.10. The number of carbonyl (C=O) groups is 1. The van der Waals surface area contributed by atoms with E-state index in [2.05, 4.69) is 10.3 Å². The van der Waals surface area contributed by atoms with Crippen LogP contribution in [0.1, 0.15) is 18.1 Å². The van der Waals surface area contributed by atoms with Crippen LogP contribution in [0.5, 0.6) is 11.6 Å². The van der Waals surface area contributed by atoms with Crippen molar-refractivity contribution in [3.05, 3.63) is 53.7 Å². The predicted molar refractivity (Wildman–Crippen MR) is 83.9 cm³/mol. The van der Waals surface area contributed by atoms with Gasteiger partial charge in [-0.1, -0.05) is 23.8 Å². The third kappa shape index (κ3) is 4.77. The van der Waals surface area contributed by atoms with Gasteiger partial charge in [-0.3, -0.25) is 4.79 Å². The maximum Gasteiger partial charge on any atom is 0.258 e. The van der Waals surface area contributed by atoms with Crippen LogP contribution < -0.4 is 14.8 Å². The van der Waals surface area contributed by atoms with E-state index in [1.807, 2.05) is 50.2 Å². The molecular weight excluding hydrogens is 280 g/mol. The summed E-state index contributed by atoms with van der Waals surface area (Å²) in [6.07, 6.45) is 1.66. The molecule has 0 bridgehead atoms. The molecule has 0 radical (unpaired) electrons. The van der Waals surface area contributed by atoms with Gasteiger partial charge in [0, 0.05) is 18.3 Å². The van der Waals surface area contributed by atoms with Crippen LogP contribution in [0.25, 0.3) is 0 Å². The van der Waals surface area contributed by atoms with Gasteiger partial charge in [-0.15, -0.1) is 0 Å². The van der Waals surface area contributed by atoms with Crippen LogP contribution in [0.15, 0.2) is 42.6 Å². The first-order chi connectivity index (χ1) is 10.7. The highest BCUT2D eigenvalue weighted by atomic mass is 16.5. The van der Waals surface area contributed by atoms with Crippen molar-refractivity contribution < 1.29 is 14.3 Å². The second-order valence-corrected chi connectivity index (χ2v) is 4.78. The maximum atomic E-state index is 11.8. The molecule has 1 N–H and O–H groups in total. The smallest absolute Gasteiger partial charge is 0.258 e. The van der Waals surface area contributed by atoms with Gasteiger partial charge >= 0.3 is 0 Å². The Kier molecular flexibility index (Phi) is 5.77. The molecule has 22 heavy (non-hydrogen) atoms. The van der Waals surface area contributed by atoms with E-state index in [0.717, 1.165) is 11.1 Å². The maximum absolute atomic E-state index is 11.8. The number of benzene rings is 1. The van der Waals surface area contributed by atoms with E-state index in [-0.39, 0.29) is 12.5 Å². The first-order valence-electron chi connectivity index (χ1n) is 7.22. The first kappa shape index (κ1) is 15.8.